The predicted octanol–water partition coefficient (Wildman–Crippen LogP) is 3.60. The molecule has 0 atom stereocenters. The second-order valence-corrected chi connectivity index (χ2v) is 10.1. The van der Waals surface area contributed by atoms with E-state index in [1.165, 1.54) is 0 Å². The van der Waals surface area contributed by atoms with Gasteiger partial charge < -0.3 is 10.3 Å². The highest BCUT2D eigenvalue weighted by Crippen LogP contribution is 2.11. The summed E-state index contributed by atoms with van der Waals surface area (Å²) in [7, 11) is -3.32. The molecule has 0 aliphatic carbocycles. The van der Waals surface area contributed by atoms with Gasteiger partial charge in [-0.2, -0.15) is 0 Å². The van der Waals surface area contributed by atoms with Gasteiger partial charge in [-0.15, -0.1) is 0 Å². The normalized spacial score (nSPS) is 11.5. The molecule has 0 spiro atoms. The van der Waals surface area contributed by atoms with Crippen molar-refractivity contribution in [2.24, 2.45) is 0 Å². The van der Waals surface area contributed by atoms with E-state index in [0.29, 0.717) is 47.4 Å². The quantitative estimate of drug-likeness (QED) is 0.327. The number of nitrogens with zero attached hydrogens (tertiary/aromatic N) is 1. The van der Waals surface area contributed by atoms with E-state index in [-0.39, 0.29) is 17.2 Å². The van der Waals surface area contributed by atoms with Crippen molar-refractivity contribution in [1.29, 1.82) is 0 Å². The van der Waals surface area contributed by atoms with E-state index >= 15 is 0 Å². The zero-order valence-corrected chi connectivity index (χ0v) is 19.4. The van der Waals surface area contributed by atoms with Crippen LogP contribution in [0.15, 0.2) is 64.3 Å². The predicted molar refractivity (Wildman–Crippen MR) is 128 cm³/mol. The van der Waals surface area contributed by atoms with Crippen LogP contribution < -0.4 is 10.9 Å². The van der Waals surface area contributed by atoms with Crippen LogP contribution >= 0.6 is 12.2 Å². The van der Waals surface area contributed by atoms with E-state index in [1.807, 2.05) is 18.2 Å². The Kier molecular flexibility index (Phi) is 8.35. The summed E-state index contributed by atoms with van der Waals surface area (Å²) in [5.41, 5.74) is 0.625. The molecule has 0 fully saturated rings. The summed E-state index contributed by atoms with van der Waals surface area (Å²) < 4.78 is 26.4. The molecule has 1 aromatic heterocycles. The molecule has 32 heavy (non-hydrogen) atoms. The number of benzene rings is 2. The molecule has 0 aliphatic rings. The first-order valence-electron chi connectivity index (χ1n) is 10.6. The lowest BCUT2D eigenvalue weighted by atomic mass is 10.2. The number of hydrogen-bond donors (Lipinski definition) is 2. The number of hydrogen-bond acceptors (Lipinski definition) is 5. The zero-order valence-electron chi connectivity index (χ0n) is 17.7. The number of rotatable bonds is 11. The maximum Gasteiger partial charge on any atom is 0.262 e. The Morgan fingerprint density at radius 2 is 1.69 bits per heavy atom. The summed E-state index contributed by atoms with van der Waals surface area (Å²) in [5.74, 6) is -0.0969. The van der Waals surface area contributed by atoms with Gasteiger partial charge in [-0.1, -0.05) is 36.8 Å². The van der Waals surface area contributed by atoms with Gasteiger partial charge in [0.2, 0.25) is 5.91 Å². The van der Waals surface area contributed by atoms with E-state index in [0.717, 1.165) is 18.4 Å². The van der Waals surface area contributed by atoms with Gasteiger partial charge in [-0.3, -0.25) is 14.2 Å². The molecule has 0 aliphatic heterocycles. The highest BCUT2D eigenvalue weighted by molar-refractivity contribution is 7.91. The van der Waals surface area contributed by atoms with Gasteiger partial charge >= 0.3 is 0 Å². The van der Waals surface area contributed by atoms with Gasteiger partial charge in [0.05, 0.1) is 21.6 Å². The van der Waals surface area contributed by atoms with Crippen molar-refractivity contribution < 1.29 is 13.2 Å². The average Bonchev–Trinajstić information content (AvgIpc) is 2.79. The van der Waals surface area contributed by atoms with Crippen LogP contribution in [0.2, 0.25) is 0 Å². The zero-order chi connectivity index (χ0) is 23.0. The number of nitrogens with one attached hydrogen (secondary N) is 2. The maximum atomic E-state index is 12.6. The number of unbranched alkanes of at least 4 members (excludes halogenated alkanes) is 2. The lowest BCUT2D eigenvalue weighted by Gasteiger charge is -2.08. The Morgan fingerprint density at radius 3 is 2.47 bits per heavy atom. The summed E-state index contributed by atoms with van der Waals surface area (Å²) >= 11 is 5.30. The third-order valence-corrected chi connectivity index (χ3v) is 7.33. The molecule has 7 nitrogen and oxygen atoms in total. The van der Waals surface area contributed by atoms with Crippen LogP contribution in [0.4, 0.5) is 0 Å². The molecule has 2 N–H and O–H groups in total. The smallest absolute Gasteiger partial charge is 0.262 e. The van der Waals surface area contributed by atoms with E-state index in [4.69, 9.17) is 12.2 Å². The number of aromatic amines is 1. The largest absolute Gasteiger partial charge is 0.356 e. The van der Waals surface area contributed by atoms with Crippen molar-refractivity contribution in [1.82, 2.24) is 14.9 Å². The van der Waals surface area contributed by atoms with Crippen LogP contribution in [0.3, 0.4) is 0 Å². The highest BCUT2D eigenvalue weighted by Gasteiger charge is 2.13. The molecule has 170 valence electrons. The van der Waals surface area contributed by atoms with Gasteiger partial charge in [-0.25, -0.2) is 8.42 Å². The minimum absolute atomic E-state index is 0.00175. The molecule has 3 aromatic rings. The molecule has 0 unspecified atom stereocenters. The molecule has 0 saturated carbocycles. The molecule has 1 amide bonds. The standard InChI is InChI=1S/C23H27N3O4S2/c27-21(24-15-9-17-32(29,30)18-10-3-1-4-11-18)14-5-2-8-16-26-22(28)19-12-6-7-13-20(19)25-23(26)31/h1,3-4,6-7,10-13H,2,5,8-9,14-17H2,(H,24,27)(H,25,31). The van der Waals surface area contributed by atoms with E-state index in [9.17, 15) is 18.0 Å². The summed E-state index contributed by atoms with van der Waals surface area (Å²) in [5, 5.41) is 3.38. The Labute approximate surface area is 192 Å². The van der Waals surface area contributed by atoms with Crippen LogP contribution in [0.25, 0.3) is 10.9 Å². The monoisotopic (exact) mass is 473 g/mol. The van der Waals surface area contributed by atoms with Crippen molar-refractivity contribution in [2.75, 3.05) is 12.3 Å². The molecule has 0 radical (unpaired) electrons. The Hall–Kier alpha value is -2.78. The van der Waals surface area contributed by atoms with Gasteiger partial charge in [-0.05, 0) is 55.7 Å². The molecular weight excluding hydrogens is 446 g/mol. The maximum absolute atomic E-state index is 12.6. The number of para-hydroxylation sites is 1. The fourth-order valence-corrected chi connectivity index (χ4v) is 5.07. The van der Waals surface area contributed by atoms with Crippen LogP contribution in [0.5, 0.6) is 0 Å². The fraction of sp³-hybridized carbons (Fsp3) is 0.348. The van der Waals surface area contributed by atoms with E-state index < -0.39 is 9.84 Å². The summed E-state index contributed by atoms with van der Waals surface area (Å²) in [6.07, 6.45) is 2.94. The molecule has 0 saturated heterocycles. The first-order valence-corrected chi connectivity index (χ1v) is 12.7. The molecule has 0 bridgehead atoms. The van der Waals surface area contributed by atoms with E-state index in [2.05, 4.69) is 10.3 Å². The summed E-state index contributed by atoms with van der Waals surface area (Å²) in [6, 6.07) is 15.6. The van der Waals surface area contributed by atoms with Gasteiger partial charge in [0.25, 0.3) is 5.56 Å². The number of aromatic nitrogens is 2. The highest BCUT2D eigenvalue weighted by atomic mass is 32.2. The molecule has 9 heteroatoms. The van der Waals surface area contributed by atoms with Crippen LogP contribution in [-0.4, -0.2) is 36.2 Å². The average molecular weight is 474 g/mol. The van der Waals surface area contributed by atoms with Crippen molar-refractivity contribution in [3.05, 3.63) is 69.7 Å². The molecule has 1 heterocycles. The molecular formula is C23H27N3O4S2. The van der Waals surface area contributed by atoms with Gasteiger partial charge in [0.1, 0.15) is 0 Å². The minimum Gasteiger partial charge on any atom is -0.356 e. The van der Waals surface area contributed by atoms with Crippen molar-refractivity contribution >= 4 is 38.9 Å². The minimum atomic E-state index is -3.32. The third kappa shape index (κ3) is 6.37. The van der Waals surface area contributed by atoms with Crippen LogP contribution in [0.1, 0.15) is 32.1 Å². The lowest BCUT2D eigenvalue weighted by Crippen LogP contribution is -2.25. The number of sulfone groups is 1. The topological polar surface area (TPSA) is 101 Å². The Balaban J connectivity index is 1.35. The lowest BCUT2D eigenvalue weighted by molar-refractivity contribution is -0.121. The fourth-order valence-electron chi connectivity index (χ4n) is 3.46. The van der Waals surface area contributed by atoms with Crippen molar-refractivity contribution in [3.63, 3.8) is 0 Å². The number of amides is 1. The van der Waals surface area contributed by atoms with Crippen LogP contribution in [0, 0.1) is 4.77 Å². The summed E-state index contributed by atoms with van der Waals surface area (Å²) in [6.45, 7) is 0.824. The van der Waals surface area contributed by atoms with Crippen molar-refractivity contribution in [2.45, 2.75) is 43.5 Å². The van der Waals surface area contributed by atoms with Crippen LogP contribution in [-0.2, 0) is 21.2 Å². The summed E-state index contributed by atoms with van der Waals surface area (Å²) in [4.78, 5) is 28.0. The van der Waals surface area contributed by atoms with E-state index in [1.54, 1.807) is 41.0 Å². The number of H-pyrrole nitrogens is 1. The van der Waals surface area contributed by atoms with Gasteiger partial charge in [0, 0.05) is 19.5 Å². The number of carbonyl (C=O) groups is 1. The Bertz CT molecular complexity index is 1280. The number of carbonyl (C=O) groups excluding carboxylic acids is 1. The Morgan fingerprint density at radius 1 is 0.969 bits per heavy atom. The first-order chi connectivity index (χ1) is 15.4. The SMILES string of the molecule is O=C(CCCCCn1c(=S)[nH]c2ccccc2c1=O)NCCCS(=O)(=O)c1ccccc1. The molecule has 3 rings (SSSR count). The first kappa shape index (κ1) is 23.9. The second kappa shape index (κ2) is 11.2. The van der Waals surface area contributed by atoms with Gasteiger partial charge in [0.15, 0.2) is 14.6 Å². The number of fused-ring (bicyclic) bond motifs is 1. The third-order valence-electron chi connectivity index (χ3n) is 5.19. The molecule has 2 aromatic carbocycles. The van der Waals surface area contributed by atoms with Crippen molar-refractivity contribution in [3.8, 4) is 0 Å². The second-order valence-electron chi connectivity index (χ2n) is 7.58.